The molecule has 1 radical (unpaired) electrons. The predicted octanol–water partition coefficient (Wildman–Crippen LogP) is 1.72. The van der Waals surface area contributed by atoms with Crippen molar-refractivity contribution in [2.75, 3.05) is 7.05 Å². The van der Waals surface area contributed by atoms with Crippen molar-refractivity contribution in [3.05, 3.63) is 11.3 Å². The van der Waals surface area contributed by atoms with E-state index in [1.165, 1.54) is 23.4 Å². The van der Waals surface area contributed by atoms with E-state index in [-0.39, 0.29) is 0 Å². The summed E-state index contributed by atoms with van der Waals surface area (Å²) in [4.78, 5) is 0. The van der Waals surface area contributed by atoms with Crippen LogP contribution in [0.3, 0.4) is 0 Å². The van der Waals surface area contributed by atoms with Gasteiger partial charge in [0, 0.05) is 6.92 Å². The van der Waals surface area contributed by atoms with Crippen molar-refractivity contribution in [2.24, 2.45) is 0 Å². The maximum absolute atomic E-state index is 4.35. The third kappa shape index (κ3) is 1.44. The molecule has 2 heteroatoms. The fourth-order valence-corrected chi connectivity index (χ4v) is 1.43. The van der Waals surface area contributed by atoms with Gasteiger partial charge < -0.3 is 0 Å². The maximum Gasteiger partial charge on any atom is 0.289 e. The van der Waals surface area contributed by atoms with Gasteiger partial charge in [-0.05, 0) is 13.3 Å². The average molecular weight is 152 g/mol. The van der Waals surface area contributed by atoms with E-state index in [0.717, 1.165) is 6.42 Å². The number of hydrogen-bond donors (Lipinski definition) is 0. The van der Waals surface area contributed by atoms with Gasteiger partial charge in [-0.2, -0.15) is 0 Å². The lowest BCUT2D eigenvalue weighted by atomic mass is 10.1. The van der Waals surface area contributed by atoms with Crippen molar-refractivity contribution in [3.63, 3.8) is 0 Å². The Bertz CT molecular complexity index is 214. The minimum atomic E-state index is 1.16. The highest BCUT2D eigenvalue weighted by molar-refractivity contribution is 5.99. The molecule has 1 rings (SSSR count). The third-order valence-electron chi connectivity index (χ3n) is 2.16. The van der Waals surface area contributed by atoms with Crippen LogP contribution < -0.4 is 5.10 Å². The van der Waals surface area contributed by atoms with E-state index in [1.807, 2.05) is 12.1 Å². The summed E-state index contributed by atoms with van der Waals surface area (Å²) in [6.07, 6.45) is 2.36. The molecule has 1 aliphatic rings. The number of allylic oxidation sites excluding steroid dienone is 2. The van der Waals surface area contributed by atoms with Crippen LogP contribution in [0.15, 0.2) is 11.3 Å². The van der Waals surface area contributed by atoms with Crippen LogP contribution in [0, 0.1) is 0 Å². The minimum absolute atomic E-state index is 1.16. The fraction of sp³-hybridized carbons (Fsp3) is 0.667. The van der Waals surface area contributed by atoms with E-state index in [0.29, 0.717) is 0 Å². The number of hydrazone groups is 1. The SMILES string of the molecule is CCCC1=C(C)N(C)[N+]=C1C. The monoisotopic (exact) mass is 152 g/mol. The van der Waals surface area contributed by atoms with E-state index in [9.17, 15) is 0 Å². The summed E-state index contributed by atoms with van der Waals surface area (Å²) in [5.74, 6) is 0. The Balaban J connectivity index is 2.81. The average Bonchev–Trinajstić information content (AvgIpc) is 2.17. The lowest BCUT2D eigenvalue weighted by Gasteiger charge is -1.98. The quantitative estimate of drug-likeness (QED) is 0.589. The largest absolute Gasteiger partial charge is 0.289 e. The van der Waals surface area contributed by atoms with Gasteiger partial charge in [0.25, 0.3) is 5.71 Å². The van der Waals surface area contributed by atoms with Crippen LogP contribution >= 0.6 is 0 Å². The van der Waals surface area contributed by atoms with Crippen molar-refractivity contribution in [3.8, 4) is 0 Å². The Morgan fingerprint density at radius 3 is 2.36 bits per heavy atom. The Hall–Kier alpha value is -0.790. The first-order valence-electron chi connectivity index (χ1n) is 4.16. The molecule has 0 amide bonds. The molecule has 0 atom stereocenters. The number of hydrogen-bond acceptors (Lipinski definition) is 2. The first-order valence-corrected chi connectivity index (χ1v) is 4.16. The summed E-state index contributed by atoms with van der Waals surface area (Å²) in [6, 6.07) is 0. The lowest BCUT2D eigenvalue weighted by Crippen LogP contribution is -2.14. The van der Waals surface area contributed by atoms with E-state index in [2.05, 4.69) is 25.9 Å². The molecule has 1 heterocycles. The van der Waals surface area contributed by atoms with E-state index in [4.69, 9.17) is 0 Å². The molecule has 0 aromatic carbocycles. The van der Waals surface area contributed by atoms with Crippen LogP contribution in [0.2, 0.25) is 0 Å². The van der Waals surface area contributed by atoms with Gasteiger partial charge in [-0.1, -0.05) is 18.4 Å². The summed E-state index contributed by atoms with van der Waals surface area (Å²) in [5.41, 5.74) is 3.92. The highest BCUT2D eigenvalue weighted by atomic mass is 15.5. The molecule has 0 saturated heterocycles. The molecule has 0 N–H and O–H groups in total. The Kier molecular flexibility index (Phi) is 2.32. The van der Waals surface area contributed by atoms with Crippen molar-refractivity contribution >= 4 is 5.71 Å². The maximum atomic E-state index is 4.35. The first kappa shape index (κ1) is 8.31. The highest BCUT2D eigenvalue weighted by Gasteiger charge is 2.27. The second-order valence-electron chi connectivity index (χ2n) is 3.02. The van der Waals surface area contributed by atoms with Crippen LogP contribution in [-0.4, -0.2) is 17.8 Å². The number of rotatable bonds is 2. The standard InChI is InChI=1S/C9H16N2/c1-5-6-9-7(2)10-11(4)8(9)3/h5-6H2,1-4H3/q+1. The summed E-state index contributed by atoms with van der Waals surface area (Å²) in [6.45, 7) is 6.41. The zero-order valence-corrected chi connectivity index (χ0v) is 7.81. The van der Waals surface area contributed by atoms with E-state index in [1.54, 1.807) is 0 Å². The van der Waals surface area contributed by atoms with Gasteiger partial charge in [-0.3, -0.25) is 0 Å². The Morgan fingerprint density at radius 1 is 1.36 bits per heavy atom. The molecule has 0 aromatic heterocycles. The molecule has 0 aromatic rings. The van der Waals surface area contributed by atoms with Crippen molar-refractivity contribution in [1.82, 2.24) is 10.1 Å². The second-order valence-corrected chi connectivity index (χ2v) is 3.02. The molecular weight excluding hydrogens is 136 g/mol. The summed E-state index contributed by atoms with van der Waals surface area (Å²) < 4.78 is 0. The molecule has 61 valence electrons. The molecule has 0 fully saturated rings. The molecule has 11 heavy (non-hydrogen) atoms. The lowest BCUT2D eigenvalue weighted by molar-refractivity contribution is 0.402. The van der Waals surface area contributed by atoms with Gasteiger partial charge in [-0.15, -0.1) is 0 Å². The summed E-state index contributed by atoms with van der Waals surface area (Å²) in [7, 11) is 2.00. The highest BCUT2D eigenvalue weighted by Crippen LogP contribution is 2.17. The minimum Gasteiger partial charge on any atom is -0.0958 e. The first-order chi connectivity index (χ1) is 5.16. The Morgan fingerprint density at radius 2 is 2.00 bits per heavy atom. The van der Waals surface area contributed by atoms with E-state index < -0.39 is 0 Å². The predicted molar refractivity (Wildman–Crippen MR) is 48.2 cm³/mol. The molecule has 2 nitrogen and oxygen atoms in total. The van der Waals surface area contributed by atoms with Crippen LogP contribution in [0.4, 0.5) is 0 Å². The van der Waals surface area contributed by atoms with Crippen molar-refractivity contribution in [2.45, 2.75) is 33.6 Å². The third-order valence-corrected chi connectivity index (χ3v) is 2.16. The Labute approximate surface area is 68.6 Å². The molecule has 0 spiro atoms. The molecule has 0 saturated carbocycles. The summed E-state index contributed by atoms with van der Waals surface area (Å²) >= 11 is 0. The van der Waals surface area contributed by atoms with Gasteiger partial charge in [0.05, 0.1) is 18.3 Å². The van der Waals surface area contributed by atoms with Crippen molar-refractivity contribution < 1.29 is 0 Å². The molecule has 0 bridgehead atoms. The van der Waals surface area contributed by atoms with Gasteiger partial charge in [0.15, 0.2) is 5.10 Å². The fourth-order valence-electron chi connectivity index (χ4n) is 1.43. The van der Waals surface area contributed by atoms with Crippen LogP contribution in [-0.2, 0) is 0 Å². The van der Waals surface area contributed by atoms with Gasteiger partial charge in [-0.25, -0.2) is 0 Å². The molecule has 1 aliphatic heterocycles. The second kappa shape index (κ2) is 3.07. The molecule has 0 aliphatic carbocycles. The van der Waals surface area contributed by atoms with Gasteiger partial charge in [0.2, 0.25) is 0 Å². The number of nitrogens with zero attached hydrogens (tertiary/aromatic N) is 2. The van der Waals surface area contributed by atoms with Crippen LogP contribution in [0.25, 0.3) is 0 Å². The zero-order valence-electron chi connectivity index (χ0n) is 7.81. The topological polar surface area (TPSA) is 17.3 Å². The van der Waals surface area contributed by atoms with Gasteiger partial charge >= 0.3 is 0 Å². The smallest absolute Gasteiger partial charge is 0.0958 e. The zero-order chi connectivity index (χ0) is 8.43. The van der Waals surface area contributed by atoms with Crippen LogP contribution in [0.1, 0.15) is 33.6 Å². The van der Waals surface area contributed by atoms with Gasteiger partial charge in [0.1, 0.15) is 0 Å². The molecule has 0 unspecified atom stereocenters. The van der Waals surface area contributed by atoms with Crippen molar-refractivity contribution in [1.29, 1.82) is 0 Å². The van der Waals surface area contributed by atoms with E-state index >= 15 is 0 Å². The summed E-state index contributed by atoms with van der Waals surface area (Å²) in [5, 5.41) is 6.30. The molecular formula is C9H16N2+. The van der Waals surface area contributed by atoms with Crippen LogP contribution in [0.5, 0.6) is 0 Å². The normalized spacial score (nSPS) is 17.8.